The minimum atomic E-state index is -0.0505. The lowest BCUT2D eigenvalue weighted by molar-refractivity contribution is -0.114. The van der Waals surface area contributed by atoms with Crippen molar-refractivity contribution in [2.75, 3.05) is 11.9 Å². The summed E-state index contributed by atoms with van der Waals surface area (Å²) < 4.78 is 0. The molecule has 0 radical (unpaired) electrons. The molecule has 1 heterocycles. The van der Waals surface area contributed by atoms with Crippen molar-refractivity contribution in [1.82, 2.24) is 10.3 Å². The number of anilines is 1. The van der Waals surface area contributed by atoms with Gasteiger partial charge in [-0.05, 0) is 55.3 Å². The highest BCUT2D eigenvalue weighted by atomic mass is 16.1. The summed E-state index contributed by atoms with van der Waals surface area (Å²) in [5.74, 6) is -0.0505. The molecule has 2 aromatic rings. The molecule has 0 aliphatic heterocycles. The number of carbonyl (C=O) groups excluding carboxylic acids is 1. The number of hydrogen-bond donors (Lipinski definition) is 2. The molecular weight excluding hydrogens is 262 g/mol. The number of rotatable bonds is 6. The molecule has 2 rings (SSSR count). The van der Waals surface area contributed by atoms with E-state index in [9.17, 15) is 4.79 Å². The van der Waals surface area contributed by atoms with E-state index >= 15 is 0 Å². The van der Waals surface area contributed by atoms with Crippen LogP contribution in [0.3, 0.4) is 0 Å². The summed E-state index contributed by atoms with van der Waals surface area (Å²) in [6.07, 6.45) is 4.60. The zero-order chi connectivity index (χ0) is 15.1. The summed E-state index contributed by atoms with van der Waals surface area (Å²) in [6.45, 7) is 4.54. The van der Waals surface area contributed by atoms with E-state index in [1.54, 1.807) is 0 Å². The third-order valence-corrected chi connectivity index (χ3v) is 3.32. The third-order valence-electron chi connectivity index (χ3n) is 3.32. The third kappa shape index (κ3) is 5.00. The van der Waals surface area contributed by atoms with Crippen molar-refractivity contribution in [3.8, 4) is 0 Å². The molecule has 0 saturated carbocycles. The number of nitrogens with one attached hydrogen (secondary N) is 2. The zero-order valence-electron chi connectivity index (χ0n) is 12.5. The molecule has 1 aromatic carbocycles. The van der Waals surface area contributed by atoms with Gasteiger partial charge in [0.25, 0.3) is 0 Å². The summed E-state index contributed by atoms with van der Waals surface area (Å²) in [5, 5.41) is 6.30. The van der Waals surface area contributed by atoms with Crippen molar-refractivity contribution in [3.05, 3.63) is 59.9 Å². The number of nitrogens with zero attached hydrogens (tertiary/aromatic N) is 1. The Bertz CT molecular complexity index is 584. The van der Waals surface area contributed by atoms with Gasteiger partial charge in [0.05, 0.1) is 0 Å². The monoisotopic (exact) mass is 283 g/mol. The fourth-order valence-electron chi connectivity index (χ4n) is 2.19. The molecule has 2 N–H and O–H groups in total. The van der Waals surface area contributed by atoms with Gasteiger partial charge in [-0.3, -0.25) is 9.78 Å². The Morgan fingerprint density at radius 2 is 2.00 bits per heavy atom. The van der Waals surface area contributed by atoms with Gasteiger partial charge in [0.15, 0.2) is 0 Å². The van der Waals surface area contributed by atoms with Crippen LogP contribution in [0.4, 0.5) is 5.69 Å². The largest absolute Gasteiger partial charge is 0.326 e. The Hall–Kier alpha value is -2.20. The van der Waals surface area contributed by atoms with E-state index in [4.69, 9.17) is 0 Å². The van der Waals surface area contributed by atoms with Crippen LogP contribution in [-0.4, -0.2) is 17.4 Å². The molecule has 4 nitrogen and oxygen atoms in total. The van der Waals surface area contributed by atoms with Gasteiger partial charge >= 0.3 is 0 Å². The minimum absolute atomic E-state index is 0.0505. The van der Waals surface area contributed by atoms with Crippen LogP contribution in [0, 0.1) is 0 Å². The highest BCUT2D eigenvalue weighted by Crippen LogP contribution is 2.17. The van der Waals surface area contributed by atoms with Crippen LogP contribution in [0.2, 0.25) is 0 Å². The van der Waals surface area contributed by atoms with E-state index in [-0.39, 0.29) is 11.9 Å². The van der Waals surface area contributed by atoms with Crippen LogP contribution in [0.25, 0.3) is 0 Å². The van der Waals surface area contributed by atoms with Gasteiger partial charge in [0.2, 0.25) is 5.91 Å². The average molecular weight is 283 g/mol. The average Bonchev–Trinajstić information content (AvgIpc) is 2.48. The topological polar surface area (TPSA) is 54.0 Å². The summed E-state index contributed by atoms with van der Waals surface area (Å²) in [5.41, 5.74) is 3.27. The van der Waals surface area contributed by atoms with Gasteiger partial charge in [-0.2, -0.15) is 0 Å². The molecule has 0 aliphatic rings. The van der Waals surface area contributed by atoms with Crippen LogP contribution in [0.5, 0.6) is 0 Å². The first-order chi connectivity index (χ1) is 10.1. The molecule has 1 amide bonds. The first kappa shape index (κ1) is 15.2. The second-order valence-electron chi connectivity index (χ2n) is 5.09. The fourth-order valence-corrected chi connectivity index (χ4v) is 2.19. The predicted octanol–water partition coefficient (Wildman–Crippen LogP) is 2.93. The zero-order valence-corrected chi connectivity index (χ0v) is 12.5. The normalized spacial score (nSPS) is 11.9. The maximum Gasteiger partial charge on any atom is 0.221 e. The Morgan fingerprint density at radius 3 is 2.71 bits per heavy atom. The summed E-state index contributed by atoms with van der Waals surface area (Å²) in [6, 6.07) is 12.2. The minimum Gasteiger partial charge on any atom is -0.326 e. The first-order valence-corrected chi connectivity index (χ1v) is 7.15. The second-order valence-corrected chi connectivity index (χ2v) is 5.09. The van der Waals surface area contributed by atoms with Crippen molar-refractivity contribution < 1.29 is 4.79 Å². The Morgan fingerprint density at radius 1 is 1.24 bits per heavy atom. The second kappa shape index (κ2) is 7.55. The van der Waals surface area contributed by atoms with Crippen molar-refractivity contribution >= 4 is 11.6 Å². The van der Waals surface area contributed by atoms with Crippen molar-refractivity contribution in [2.24, 2.45) is 0 Å². The highest BCUT2D eigenvalue weighted by Gasteiger charge is 2.06. The molecule has 1 aromatic heterocycles. The van der Waals surface area contributed by atoms with Crippen LogP contribution in [-0.2, 0) is 11.2 Å². The lowest BCUT2D eigenvalue weighted by atomic mass is 10.1. The van der Waals surface area contributed by atoms with Gasteiger partial charge in [0, 0.05) is 31.0 Å². The quantitative estimate of drug-likeness (QED) is 0.857. The van der Waals surface area contributed by atoms with Crippen molar-refractivity contribution in [2.45, 2.75) is 26.3 Å². The Kier molecular flexibility index (Phi) is 5.46. The van der Waals surface area contributed by atoms with E-state index in [0.717, 1.165) is 24.2 Å². The Labute approximate surface area is 125 Å². The summed E-state index contributed by atoms with van der Waals surface area (Å²) in [4.78, 5) is 15.1. The molecule has 0 saturated heterocycles. The van der Waals surface area contributed by atoms with E-state index in [1.807, 2.05) is 42.7 Å². The standard InChI is InChI=1S/C17H21N3O/c1-13(19-11-8-15-6-9-18-10-7-15)16-4-3-5-17(12-16)20-14(2)21/h3-7,9-10,12-13,19H,8,11H2,1-2H3,(H,20,21). The van der Waals surface area contributed by atoms with Gasteiger partial charge in [-0.15, -0.1) is 0 Å². The smallest absolute Gasteiger partial charge is 0.221 e. The number of carbonyl (C=O) groups is 1. The predicted molar refractivity (Wildman–Crippen MR) is 85.1 cm³/mol. The Balaban J connectivity index is 1.88. The maximum atomic E-state index is 11.1. The molecule has 0 aliphatic carbocycles. The van der Waals surface area contributed by atoms with Crippen LogP contribution < -0.4 is 10.6 Å². The number of benzene rings is 1. The lowest BCUT2D eigenvalue weighted by Crippen LogP contribution is -2.21. The molecule has 21 heavy (non-hydrogen) atoms. The highest BCUT2D eigenvalue weighted by molar-refractivity contribution is 5.88. The van der Waals surface area contributed by atoms with Crippen LogP contribution in [0.15, 0.2) is 48.8 Å². The van der Waals surface area contributed by atoms with Gasteiger partial charge in [-0.1, -0.05) is 12.1 Å². The fraction of sp³-hybridized carbons (Fsp3) is 0.294. The van der Waals surface area contributed by atoms with E-state index in [0.29, 0.717) is 0 Å². The molecule has 0 fully saturated rings. The molecule has 1 atom stereocenters. The van der Waals surface area contributed by atoms with E-state index in [1.165, 1.54) is 12.5 Å². The molecule has 0 bridgehead atoms. The summed E-state index contributed by atoms with van der Waals surface area (Å²) in [7, 11) is 0. The van der Waals surface area contributed by atoms with Crippen molar-refractivity contribution in [3.63, 3.8) is 0 Å². The number of aromatic nitrogens is 1. The number of hydrogen-bond acceptors (Lipinski definition) is 3. The maximum absolute atomic E-state index is 11.1. The lowest BCUT2D eigenvalue weighted by Gasteiger charge is -2.15. The van der Waals surface area contributed by atoms with Gasteiger partial charge < -0.3 is 10.6 Å². The first-order valence-electron chi connectivity index (χ1n) is 7.15. The molecule has 4 heteroatoms. The molecule has 1 unspecified atom stereocenters. The van der Waals surface area contributed by atoms with Crippen LogP contribution >= 0.6 is 0 Å². The van der Waals surface area contributed by atoms with Gasteiger partial charge in [-0.25, -0.2) is 0 Å². The SMILES string of the molecule is CC(=O)Nc1cccc(C(C)NCCc2ccncc2)c1. The van der Waals surface area contributed by atoms with E-state index in [2.05, 4.69) is 28.6 Å². The number of pyridine rings is 1. The van der Waals surface area contributed by atoms with Crippen molar-refractivity contribution in [1.29, 1.82) is 0 Å². The molecule has 0 spiro atoms. The van der Waals surface area contributed by atoms with Gasteiger partial charge in [0.1, 0.15) is 0 Å². The molecule has 110 valence electrons. The van der Waals surface area contributed by atoms with Crippen LogP contribution in [0.1, 0.15) is 31.0 Å². The molecular formula is C17H21N3O. The number of amides is 1. The summed E-state index contributed by atoms with van der Waals surface area (Å²) >= 11 is 0. The van der Waals surface area contributed by atoms with E-state index < -0.39 is 0 Å².